The lowest BCUT2D eigenvalue weighted by molar-refractivity contribution is 0.0683. The number of benzene rings is 1. The molecule has 0 spiro atoms. The van der Waals surface area contributed by atoms with Gasteiger partial charge in [-0.2, -0.15) is 0 Å². The summed E-state index contributed by atoms with van der Waals surface area (Å²) in [5, 5.41) is 9.37. The molecule has 2 aromatic heterocycles. The van der Waals surface area contributed by atoms with E-state index < -0.39 is 5.97 Å². The van der Waals surface area contributed by atoms with Crippen molar-refractivity contribution in [2.45, 2.75) is 32.7 Å². The summed E-state index contributed by atoms with van der Waals surface area (Å²) in [5.41, 5.74) is 8.69. The molecule has 1 aliphatic rings. The molecule has 0 saturated carbocycles. The minimum absolute atomic E-state index is 0.280. The van der Waals surface area contributed by atoms with Gasteiger partial charge in [-0.3, -0.25) is 4.79 Å². The minimum atomic E-state index is -1.20. The molecular weight excluding hydrogens is 338 g/mol. The molecule has 0 bridgehead atoms. The topological polar surface area (TPSA) is 109 Å². The van der Waals surface area contributed by atoms with E-state index in [-0.39, 0.29) is 11.4 Å². The van der Waals surface area contributed by atoms with E-state index in [4.69, 9.17) is 10.8 Å². The van der Waals surface area contributed by atoms with Gasteiger partial charge in [0.15, 0.2) is 0 Å². The van der Waals surface area contributed by atoms with Crippen LogP contribution < -0.4 is 11.3 Å². The molecule has 4 N–H and O–H groups in total. The second-order valence-corrected chi connectivity index (χ2v) is 6.97. The molecule has 0 amide bonds. The summed E-state index contributed by atoms with van der Waals surface area (Å²) in [7, 11) is 0. The van der Waals surface area contributed by atoms with E-state index >= 15 is 0 Å². The number of carboxylic acids is 1. The van der Waals surface area contributed by atoms with Gasteiger partial charge in [-0.05, 0) is 42.9 Å². The van der Waals surface area contributed by atoms with Crippen LogP contribution in [0, 0.1) is 6.92 Å². The van der Waals surface area contributed by atoms with Gasteiger partial charge in [-0.1, -0.05) is 24.3 Å². The maximum atomic E-state index is 11.8. The molecule has 3 aromatic rings. The number of carbonyl (C=O) groups is 1. The Hall–Kier alpha value is -2.51. The van der Waals surface area contributed by atoms with E-state index in [1.807, 2.05) is 12.1 Å². The predicted octanol–water partition coefficient (Wildman–Crippen LogP) is 2.63. The van der Waals surface area contributed by atoms with Gasteiger partial charge in [0, 0.05) is 11.4 Å². The number of aromatic amines is 1. The highest BCUT2D eigenvalue weighted by atomic mass is 32.1. The molecule has 25 heavy (non-hydrogen) atoms. The zero-order chi connectivity index (χ0) is 18.0. The van der Waals surface area contributed by atoms with Gasteiger partial charge in [-0.15, -0.1) is 11.3 Å². The smallest absolute Gasteiger partial charge is 0.372 e. The van der Waals surface area contributed by atoms with Crippen molar-refractivity contribution in [3.8, 4) is 0 Å². The number of nitrogens with one attached hydrogen (secondary N) is 1. The quantitative estimate of drug-likeness (QED) is 0.653. The number of H-pyrrole nitrogens is 1. The number of aryl methyl sites for hydroxylation is 3. The average Bonchev–Trinajstić information content (AvgIpc) is 3.16. The van der Waals surface area contributed by atoms with Crippen LogP contribution in [0.1, 0.15) is 38.6 Å². The summed E-state index contributed by atoms with van der Waals surface area (Å²) in [6.07, 6.45) is 2.93. The van der Waals surface area contributed by atoms with Crippen LogP contribution in [0.25, 0.3) is 10.2 Å². The van der Waals surface area contributed by atoms with Crippen molar-refractivity contribution in [2.24, 2.45) is 5.73 Å². The molecular formula is C18H19N3O3S. The van der Waals surface area contributed by atoms with Crippen LogP contribution in [0.2, 0.25) is 0 Å². The van der Waals surface area contributed by atoms with Crippen LogP contribution in [0.15, 0.2) is 29.1 Å². The lowest BCUT2D eigenvalue weighted by atomic mass is 10.1. The molecule has 1 aliphatic carbocycles. The molecule has 0 saturated heterocycles. The van der Waals surface area contributed by atoms with Gasteiger partial charge in [0.1, 0.15) is 4.83 Å². The summed E-state index contributed by atoms with van der Waals surface area (Å²) in [5.74, 6) is -1.48. The monoisotopic (exact) mass is 357 g/mol. The Morgan fingerprint density at radius 2 is 2.12 bits per heavy atom. The van der Waals surface area contributed by atoms with Crippen LogP contribution in [0.5, 0.6) is 0 Å². The summed E-state index contributed by atoms with van der Waals surface area (Å²) >= 11 is 1.44. The largest absolute Gasteiger partial charge is 0.475 e. The number of nitrogens with two attached hydrogens (primary N) is 1. The first kappa shape index (κ1) is 17.3. The SMILES string of the molecule is Cc1ccccc1CN.O=C(O)c1nc2sc3c(c2c(=O)[nH]1)CCC3. The van der Waals surface area contributed by atoms with Crippen LogP contribution in [0.3, 0.4) is 0 Å². The summed E-state index contributed by atoms with van der Waals surface area (Å²) in [6, 6.07) is 8.15. The van der Waals surface area contributed by atoms with Gasteiger partial charge < -0.3 is 15.8 Å². The molecule has 7 heteroatoms. The Balaban J connectivity index is 0.000000173. The Bertz CT molecular complexity index is 991. The standard InChI is InChI=1S/C10H8N2O3S.C8H11N/c13-8-6-4-2-1-3-5(4)16-9(6)12-7(11-8)10(14)15;1-7-4-2-3-5-8(7)6-9/h1-3H2,(H,14,15)(H,11,12,13);2-5H,6,9H2,1H3. The van der Waals surface area contributed by atoms with Crippen molar-refractivity contribution >= 4 is 27.5 Å². The van der Waals surface area contributed by atoms with Crippen molar-refractivity contribution in [3.05, 3.63) is 62.0 Å². The van der Waals surface area contributed by atoms with Gasteiger partial charge in [-0.25, -0.2) is 9.78 Å². The van der Waals surface area contributed by atoms with E-state index in [9.17, 15) is 9.59 Å². The van der Waals surface area contributed by atoms with E-state index in [2.05, 4.69) is 29.0 Å². The van der Waals surface area contributed by atoms with Gasteiger partial charge in [0.05, 0.1) is 5.39 Å². The van der Waals surface area contributed by atoms with Crippen LogP contribution in [-0.4, -0.2) is 21.0 Å². The van der Waals surface area contributed by atoms with Crippen molar-refractivity contribution in [2.75, 3.05) is 0 Å². The third-order valence-electron chi connectivity index (χ3n) is 4.26. The molecule has 1 aromatic carbocycles. The maximum Gasteiger partial charge on any atom is 0.372 e. The second kappa shape index (κ2) is 7.16. The fraction of sp³-hybridized carbons (Fsp3) is 0.278. The maximum absolute atomic E-state index is 11.8. The molecule has 0 fully saturated rings. The highest BCUT2D eigenvalue weighted by molar-refractivity contribution is 7.18. The third-order valence-corrected chi connectivity index (χ3v) is 5.44. The number of nitrogens with zero attached hydrogens (tertiary/aromatic N) is 1. The molecule has 0 unspecified atom stereocenters. The summed E-state index contributed by atoms with van der Waals surface area (Å²) < 4.78 is 0. The van der Waals surface area contributed by atoms with Crippen molar-refractivity contribution in [3.63, 3.8) is 0 Å². The van der Waals surface area contributed by atoms with Gasteiger partial charge in [0.25, 0.3) is 5.56 Å². The zero-order valence-corrected chi connectivity index (χ0v) is 14.7. The lowest BCUT2D eigenvalue weighted by Crippen LogP contribution is -2.15. The van der Waals surface area contributed by atoms with Crippen molar-refractivity contribution < 1.29 is 9.90 Å². The lowest BCUT2D eigenvalue weighted by Gasteiger charge is -1.98. The van der Waals surface area contributed by atoms with Crippen LogP contribution in [-0.2, 0) is 19.4 Å². The number of aromatic nitrogens is 2. The number of hydrogen-bond acceptors (Lipinski definition) is 5. The number of carboxylic acid groups (broad SMARTS) is 1. The summed E-state index contributed by atoms with van der Waals surface area (Å²) in [6.45, 7) is 2.72. The Kier molecular flexibility index (Phi) is 4.96. The average molecular weight is 357 g/mol. The molecule has 130 valence electrons. The molecule has 6 nitrogen and oxygen atoms in total. The highest BCUT2D eigenvalue weighted by Gasteiger charge is 2.22. The Morgan fingerprint density at radius 1 is 1.36 bits per heavy atom. The molecule has 0 atom stereocenters. The van der Waals surface area contributed by atoms with E-state index in [0.29, 0.717) is 16.8 Å². The van der Waals surface area contributed by atoms with Crippen LogP contribution in [0.4, 0.5) is 0 Å². The Morgan fingerprint density at radius 3 is 2.76 bits per heavy atom. The summed E-state index contributed by atoms with van der Waals surface area (Å²) in [4.78, 5) is 30.5. The van der Waals surface area contributed by atoms with Gasteiger partial charge in [0.2, 0.25) is 5.82 Å². The second-order valence-electron chi connectivity index (χ2n) is 5.89. The van der Waals surface area contributed by atoms with Gasteiger partial charge >= 0.3 is 5.97 Å². The predicted molar refractivity (Wildman–Crippen MR) is 98.3 cm³/mol. The molecule has 0 aliphatic heterocycles. The van der Waals surface area contributed by atoms with E-state index in [0.717, 1.165) is 24.8 Å². The fourth-order valence-corrected chi connectivity index (χ4v) is 4.20. The van der Waals surface area contributed by atoms with E-state index in [1.54, 1.807) is 0 Å². The Labute approximate surface area is 148 Å². The number of aromatic carboxylic acids is 1. The first-order valence-corrected chi connectivity index (χ1v) is 8.85. The number of hydrogen-bond donors (Lipinski definition) is 3. The van der Waals surface area contributed by atoms with Crippen molar-refractivity contribution in [1.29, 1.82) is 0 Å². The number of fused-ring (bicyclic) bond motifs is 3. The highest BCUT2D eigenvalue weighted by Crippen LogP contribution is 2.34. The third kappa shape index (κ3) is 3.47. The van der Waals surface area contributed by atoms with Crippen molar-refractivity contribution in [1.82, 2.24) is 9.97 Å². The van der Waals surface area contributed by atoms with E-state index in [1.165, 1.54) is 27.3 Å². The number of rotatable bonds is 2. The zero-order valence-electron chi connectivity index (χ0n) is 13.8. The number of thiophene rings is 1. The molecule has 0 radical (unpaired) electrons. The van der Waals surface area contributed by atoms with Crippen LogP contribution >= 0.6 is 11.3 Å². The fourth-order valence-electron chi connectivity index (χ4n) is 2.94. The normalized spacial score (nSPS) is 12.6. The minimum Gasteiger partial charge on any atom is -0.475 e. The molecule has 4 rings (SSSR count). The first-order chi connectivity index (χ1) is 12.0. The first-order valence-electron chi connectivity index (χ1n) is 8.03. The molecule has 2 heterocycles.